The maximum atomic E-state index is 10.9. The molecule has 78 valence electrons. The summed E-state index contributed by atoms with van der Waals surface area (Å²) in [6.07, 6.45) is 6.68. The average Bonchev–Trinajstić information content (AvgIpc) is 2.87. The Morgan fingerprint density at radius 1 is 1.21 bits per heavy atom. The molecule has 0 spiro atoms. The number of hydrogen-bond donors (Lipinski definition) is 0. The zero-order chi connectivity index (χ0) is 9.71. The molecule has 6 unspecified atom stereocenters. The van der Waals surface area contributed by atoms with Crippen LogP contribution in [-0.4, -0.2) is 19.5 Å². The molecule has 3 saturated carbocycles. The van der Waals surface area contributed by atoms with E-state index >= 15 is 0 Å². The van der Waals surface area contributed by atoms with Crippen LogP contribution in [0.3, 0.4) is 0 Å². The molecule has 0 amide bonds. The highest BCUT2D eigenvalue weighted by Gasteiger charge is 2.57. The van der Waals surface area contributed by atoms with Crippen molar-refractivity contribution in [3.63, 3.8) is 0 Å². The molecule has 3 rings (SSSR count). The zero-order valence-electron chi connectivity index (χ0n) is 8.69. The third-order valence-electron chi connectivity index (χ3n) is 4.98. The van der Waals surface area contributed by atoms with Crippen molar-refractivity contribution in [1.82, 2.24) is 0 Å². The van der Waals surface area contributed by atoms with Crippen molar-refractivity contribution < 1.29 is 9.53 Å². The first kappa shape index (κ1) is 8.90. The third-order valence-corrected chi connectivity index (χ3v) is 4.98. The average molecular weight is 194 g/mol. The number of methoxy groups -OCH3 is 1. The molecule has 0 saturated heterocycles. The van der Waals surface area contributed by atoms with Crippen LogP contribution in [0.25, 0.3) is 0 Å². The summed E-state index contributed by atoms with van der Waals surface area (Å²) >= 11 is 0. The predicted molar refractivity (Wildman–Crippen MR) is 52.8 cm³/mol. The normalized spacial score (nSPS) is 54.9. The number of carbonyl (C=O) groups excluding carboxylic acids is 1. The minimum Gasteiger partial charge on any atom is -0.381 e. The molecule has 6 atom stereocenters. The predicted octanol–water partition coefficient (Wildman–Crippen LogP) is 1.88. The molecule has 0 aliphatic heterocycles. The van der Waals surface area contributed by atoms with Crippen LogP contribution in [0.4, 0.5) is 0 Å². The van der Waals surface area contributed by atoms with Crippen LogP contribution in [0, 0.1) is 29.6 Å². The number of hydrogen-bond acceptors (Lipinski definition) is 2. The van der Waals surface area contributed by atoms with E-state index in [2.05, 4.69) is 0 Å². The van der Waals surface area contributed by atoms with Crippen LogP contribution >= 0.6 is 0 Å². The molecule has 0 aromatic carbocycles. The van der Waals surface area contributed by atoms with Crippen LogP contribution in [0.1, 0.15) is 25.7 Å². The Morgan fingerprint density at radius 3 is 2.79 bits per heavy atom. The summed E-state index contributed by atoms with van der Waals surface area (Å²) in [4.78, 5) is 10.9. The standard InChI is InChI=1S/C12H18O2/c1-14-11-5-8-4-10(11)9-3-2-7(6-13)12(8)9/h6-12H,2-5H2,1H3. The van der Waals surface area contributed by atoms with E-state index in [1.807, 2.05) is 7.11 Å². The largest absolute Gasteiger partial charge is 0.381 e. The van der Waals surface area contributed by atoms with Crippen molar-refractivity contribution in [2.24, 2.45) is 29.6 Å². The first-order valence-electron chi connectivity index (χ1n) is 5.83. The molecular weight excluding hydrogens is 176 g/mol. The molecule has 0 heterocycles. The van der Waals surface area contributed by atoms with Gasteiger partial charge in [0.05, 0.1) is 6.10 Å². The summed E-state index contributed by atoms with van der Waals surface area (Å²) in [5, 5.41) is 0. The Kier molecular flexibility index (Phi) is 1.94. The van der Waals surface area contributed by atoms with Crippen molar-refractivity contribution in [1.29, 1.82) is 0 Å². The van der Waals surface area contributed by atoms with Crippen molar-refractivity contribution in [2.45, 2.75) is 31.8 Å². The molecule has 0 radical (unpaired) electrons. The molecule has 2 bridgehead atoms. The van der Waals surface area contributed by atoms with E-state index in [9.17, 15) is 4.79 Å². The minimum absolute atomic E-state index is 0.382. The van der Waals surface area contributed by atoms with Gasteiger partial charge in [0, 0.05) is 13.0 Å². The van der Waals surface area contributed by atoms with Crippen LogP contribution in [-0.2, 0) is 9.53 Å². The summed E-state index contributed by atoms with van der Waals surface area (Å²) in [7, 11) is 1.84. The molecular formula is C12H18O2. The van der Waals surface area contributed by atoms with Gasteiger partial charge >= 0.3 is 0 Å². The number of ether oxygens (including phenoxy) is 1. The summed E-state index contributed by atoms with van der Waals surface area (Å²) in [6.45, 7) is 0. The third kappa shape index (κ3) is 0.979. The second kappa shape index (κ2) is 3.06. The molecule has 0 N–H and O–H groups in total. The van der Waals surface area contributed by atoms with Gasteiger partial charge in [0.15, 0.2) is 0 Å². The molecule has 0 aromatic heterocycles. The van der Waals surface area contributed by atoms with Gasteiger partial charge < -0.3 is 9.53 Å². The van der Waals surface area contributed by atoms with Gasteiger partial charge in [0.25, 0.3) is 0 Å². The van der Waals surface area contributed by atoms with Crippen LogP contribution in [0.2, 0.25) is 0 Å². The van der Waals surface area contributed by atoms with Gasteiger partial charge in [-0.05, 0) is 49.4 Å². The molecule has 3 fully saturated rings. The fraction of sp³-hybridized carbons (Fsp3) is 0.917. The smallest absolute Gasteiger partial charge is 0.123 e. The van der Waals surface area contributed by atoms with Crippen molar-refractivity contribution in [3.8, 4) is 0 Å². The van der Waals surface area contributed by atoms with E-state index < -0.39 is 0 Å². The minimum atomic E-state index is 0.382. The SMILES string of the molecule is COC1CC2CC1C1CCC(C=O)C21. The Labute approximate surface area is 85.0 Å². The quantitative estimate of drug-likeness (QED) is 0.627. The Balaban J connectivity index is 1.83. The number of aldehydes is 1. The molecule has 3 aliphatic rings. The lowest BCUT2D eigenvalue weighted by Crippen LogP contribution is -2.31. The van der Waals surface area contributed by atoms with Gasteiger partial charge in [0.2, 0.25) is 0 Å². The first-order valence-corrected chi connectivity index (χ1v) is 5.83. The second-order valence-electron chi connectivity index (χ2n) is 5.29. The summed E-state index contributed by atoms with van der Waals surface area (Å²) < 4.78 is 5.53. The summed E-state index contributed by atoms with van der Waals surface area (Å²) in [5.41, 5.74) is 0. The van der Waals surface area contributed by atoms with Gasteiger partial charge in [-0.15, -0.1) is 0 Å². The second-order valence-corrected chi connectivity index (χ2v) is 5.29. The lowest BCUT2D eigenvalue weighted by Gasteiger charge is -2.31. The molecule has 2 heteroatoms. The number of carbonyl (C=O) groups is 1. The fourth-order valence-electron chi connectivity index (χ4n) is 4.55. The van der Waals surface area contributed by atoms with E-state index in [-0.39, 0.29) is 0 Å². The first-order chi connectivity index (χ1) is 6.85. The maximum Gasteiger partial charge on any atom is 0.123 e. The monoisotopic (exact) mass is 194 g/mol. The zero-order valence-corrected chi connectivity index (χ0v) is 8.69. The highest BCUT2D eigenvalue weighted by atomic mass is 16.5. The fourth-order valence-corrected chi connectivity index (χ4v) is 4.55. The highest BCUT2D eigenvalue weighted by Crippen LogP contribution is 2.60. The van der Waals surface area contributed by atoms with Gasteiger partial charge in [-0.1, -0.05) is 0 Å². The maximum absolute atomic E-state index is 10.9. The van der Waals surface area contributed by atoms with E-state index in [4.69, 9.17) is 4.74 Å². The van der Waals surface area contributed by atoms with Crippen LogP contribution in [0.15, 0.2) is 0 Å². The van der Waals surface area contributed by atoms with E-state index in [0.29, 0.717) is 12.0 Å². The molecule has 14 heavy (non-hydrogen) atoms. The van der Waals surface area contributed by atoms with Crippen molar-refractivity contribution in [3.05, 3.63) is 0 Å². The highest BCUT2D eigenvalue weighted by molar-refractivity contribution is 5.55. The van der Waals surface area contributed by atoms with E-state index in [0.717, 1.165) is 30.1 Å². The van der Waals surface area contributed by atoms with Gasteiger partial charge in [-0.3, -0.25) is 0 Å². The lowest BCUT2D eigenvalue weighted by atomic mass is 9.77. The van der Waals surface area contributed by atoms with Gasteiger partial charge in [-0.25, -0.2) is 0 Å². The molecule has 3 aliphatic carbocycles. The summed E-state index contributed by atoms with van der Waals surface area (Å²) in [6, 6.07) is 0. The Hall–Kier alpha value is -0.370. The molecule has 0 aromatic rings. The Bertz CT molecular complexity index is 249. The number of rotatable bonds is 2. The van der Waals surface area contributed by atoms with E-state index in [1.54, 1.807) is 0 Å². The van der Waals surface area contributed by atoms with Gasteiger partial charge in [-0.2, -0.15) is 0 Å². The topological polar surface area (TPSA) is 26.3 Å². The lowest BCUT2D eigenvalue weighted by molar-refractivity contribution is -0.113. The van der Waals surface area contributed by atoms with Crippen molar-refractivity contribution >= 4 is 6.29 Å². The van der Waals surface area contributed by atoms with Crippen LogP contribution < -0.4 is 0 Å². The van der Waals surface area contributed by atoms with Crippen molar-refractivity contribution in [2.75, 3.05) is 7.11 Å². The number of fused-ring (bicyclic) bond motifs is 5. The Morgan fingerprint density at radius 2 is 2.07 bits per heavy atom. The van der Waals surface area contributed by atoms with Gasteiger partial charge in [0.1, 0.15) is 6.29 Å². The van der Waals surface area contributed by atoms with E-state index in [1.165, 1.54) is 25.5 Å². The molecule has 2 nitrogen and oxygen atoms in total. The summed E-state index contributed by atoms with van der Waals surface area (Å²) in [5.74, 6) is 3.50. The van der Waals surface area contributed by atoms with Crippen LogP contribution in [0.5, 0.6) is 0 Å².